The molecule has 1 saturated carbocycles. The van der Waals surface area contributed by atoms with Gasteiger partial charge in [0.25, 0.3) is 0 Å². The van der Waals surface area contributed by atoms with Gasteiger partial charge >= 0.3 is 12.1 Å². The topological polar surface area (TPSA) is 103 Å². The van der Waals surface area contributed by atoms with Gasteiger partial charge in [-0.05, 0) is 70.8 Å². The monoisotopic (exact) mass is 593 g/mol. The van der Waals surface area contributed by atoms with Gasteiger partial charge < -0.3 is 19.9 Å². The maximum absolute atomic E-state index is 12.2. The molecule has 1 aliphatic carbocycles. The number of nitrogens with zero attached hydrogens (tertiary/aromatic N) is 2. The maximum Gasteiger partial charge on any atom is 0.407 e. The molecule has 0 unspecified atom stereocenters. The largest absolute Gasteiger partial charge is 0.480 e. The van der Waals surface area contributed by atoms with Crippen molar-refractivity contribution < 1.29 is 24.2 Å². The van der Waals surface area contributed by atoms with Crippen LogP contribution in [0.5, 0.6) is 0 Å². The number of alkyl carbamates (subject to hydrolysis) is 1. The summed E-state index contributed by atoms with van der Waals surface area (Å²) in [6, 6.07) is 19.0. The fourth-order valence-corrected chi connectivity index (χ4v) is 6.21. The number of benzene rings is 2. The minimum atomic E-state index is -0.922. The molecule has 9 heteroatoms. The van der Waals surface area contributed by atoms with E-state index < -0.39 is 17.7 Å². The molecule has 226 valence electrons. The molecule has 2 aromatic carbocycles. The smallest absolute Gasteiger partial charge is 0.407 e. The molecular weight excluding hydrogens is 550 g/mol. The molecule has 3 aromatic rings. The molecule has 0 bridgehead atoms. The summed E-state index contributed by atoms with van der Waals surface area (Å²) in [4.78, 5) is 23.0. The van der Waals surface area contributed by atoms with Crippen molar-refractivity contribution in [1.29, 1.82) is 0 Å². The van der Waals surface area contributed by atoms with Crippen LogP contribution >= 0.6 is 11.8 Å². The summed E-state index contributed by atoms with van der Waals surface area (Å²) >= 11 is 1.64. The van der Waals surface area contributed by atoms with Crippen LogP contribution in [-0.2, 0) is 20.8 Å². The first-order valence-electron chi connectivity index (χ1n) is 14.7. The zero-order chi connectivity index (χ0) is 30.1. The number of amides is 1. The predicted molar refractivity (Wildman–Crippen MR) is 167 cm³/mol. The molecule has 1 heterocycles. The molecule has 1 fully saturated rings. The molecule has 0 spiro atoms. The van der Waals surface area contributed by atoms with E-state index >= 15 is 0 Å². The highest BCUT2D eigenvalue weighted by molar-refractivity contribution is 7.99. The Morgan fingerprint density at radius 3 is 2.31 bits per heavy atom. The van der Waals surface area contributed by atoms with Crippen LogP contribution < -0.4 is 5.32 Å². The summed E-state index contributed by atoms with van der Waals surface area (Å²) in [7, 11) is 0. The molecule has 0 aliphatic heterocycles. The van der Waals surface area contributed by atoms with E-state index in [0.29, 0.717) is 30.7 Å². The van der Waals surface area contributed by atoms with Gasteiger partial charge in [-0.2, -0.15) is 5.10 Å². The first-order valence-corrected chi connectivity index (χ1v) is 15.7. The maximum atomic E-state index is 12.2. The van der Waals surface area contributed by atoms with E-state index in [4.69, 9.17) is 19.7 Å². The first-order chi connectivity index (χ1) is 20.1. The molecule has 1 aliphatic rings. The van der Waals surface area contributed by atoms with Crippen molar-refractivity contribution in [2.75, 3.05) is 25.5 Å². The number of aryl methyl sites for hydroxylation is 1. The minimum absolute atomic E-state index is 0.233. The lowest BCUT2D eigenvalue weighted by Crippen LogP contribution is -2.33. The average Bonchev–Trinajstić information content (AvgIpc) is 3.29. The van der Waals surface area contributed by atoms with E-state index in [2.05, 4.69) is 65.5 Å². The molecule has 42 heavy (non-hydrogen) atoms. The third kappa shape index (κ3) is 9.36. The van der Waals surface area contributed by atoms with Crippen LogP contribution in [0.2, 0.25) is 0 Å². The normalized spacial score (nSPS) is 17.1. The fourth-order valence-electron chi connectivity index (χ4n) is 5.30. The average molecular weight is 594 g/mol. The Kier molecular flexibility index (Phi) is 11.1. The Balaban J connectivity index is 1.56. The third-order valence-corrected chi connectivity index (χ3v) is 8.26. The number of nitrogens with one attached hydrogen (secondary N) is 1. The van der Waals surface area contributed by atoms with Crippen LogP contribution in [0.1, 0.15) is 52.0 Å². The second-order valence-corrected chi connectivity index (χ2v) is 13.1. The van der Waals surface area contributed by atoms with Gasteiger partial charge in [0.2, 0.25) is 0 Å². The highest BCUT2D eigenvalue weighted by atomic mass is 32.2. The number of carboxylic acids is 1. The van der Waals surface area contributed by atoms with Crippen molar-refractivity contribution in [3.05, 3.63) is 60.2 Å². The van der Waals surface area contributed by atoms with E-state index in [1.165, 1.54) is 5.56 Å². The van der Waals surface area contributed by atoms with Crippen molar-refractivity contribution in [2.45, 2.75) is 70.6 Å². The highest BCUT2D eigenvalue weighted by Crippen LogP contribution is 2.41. The Morgan fingerprint density at radius 1 is 1.00 bits per heavy atom. The number of carboxylic acid groups (broad SMARTS) is 1. The summed E-state index contributed by atoms with van der Waals surface area (Å²) in [5, 5.41) is 17.9. The van der Waals surface area contributed by atoms with Crippen molar-refractivity contribution in [2.24, 2.45) is 11.8 Å². The van der Waals surface area contributed by atoms with Gasteiger partial charge in [0.1, 0.15) is 17.2 Å². The zero-order valence-electron chi connectivity index (χ0n) is 25.1. The summed E-state index contributed by atoms with van der Waals surface area (Å²) < 4.78 is 12.9. The number of aromatic nitrogens is 2. The summed E-state index contributed by atoms with van der Waals surface area (Å²) in [6.45, 7) is 9.20. The number of thioether (sulfide) groups is 1. The van der Waals surface area contributed by atoms with Crippen molar-refractivity contribution in [3.63, 3.8) is 0 Å². The lowest BCUT2D eigenvalue weighted by atomic mass is 9.82. The quantitative estimate of drug-likeness (QED) is 0.171. The van der Waals surface area contributed by atoms with E-state index in [-0.39, 0.29) is 6.61 Å². The van der Waals surface area contributed by atoms with Gasteiger partial charge in [-0.3, -0.25) is 4.68 Å². The van der Waals surface area contributed by atoms with Crippen LogP contribution in [0.15, 0.2) is 59.6 Å². The number of rotatable bonds is 12. The van der Waals surface area contributed by atoms with Crippen molar-refractivity contribution in [3.8, 4) is 22.4 Å². The van der Waals surface area contributed by atoms with Gasteiger partial charge in [0, 0.05) is 30.0 Å². The molecular formula is C33H43N3O5S. The number of aliphatic carboxylic acids is 1. The fraction of sp³-hybridized carbons (Fsp3) is 0.485. The molecule has 0 radical (unpaired) electrons. The van der Waals surface area contributed by atoms with Crippen molar-refractivity contribution in [1.82, 2.24) is 15.1 Å². The molecule has 2 N–H and O–H groups in total. The molecule has 1 amide bonds. The van der Waals surface area contributed by atoms with Gasteiger partial charge in [0.15, 0.2) is 0 Å². The standard InChI is InChI=1S/C33H43N3O5S/c1-23-10-16-27(17-11-23)30-29(26-8-6-5-7-9-26)31(42-19-18-34-32(39)41-33(2,3)4)35-36(30)20-24-12-14-25(15-13-24)21-40-22-28(37)38/h5-11,16-17,24-25H,12-15,18-22H2,1-4H3,(H,34,39)(H,37,38)/t24-,25-. The van der Waals surface area contributed by atoms with Gasteiger partial charge in [-0.15, -0.1) is 11.8 Å². The molecule has 8 nitrogen and oxygen atoms in total. The second-order valence-electron chi connectivity index (χ2n) is 12.0. The van der Waals surface area contributed by atoms with Crippen LogP contribution in [0.25, 0.3) is 22.4 Å². The number of hydrogen-bond acceptors (Lipinski definition) is 6. The highest BCUT2D eigenvalue weighted by Gasteiger charge is 2.26. The number of carbonyl (C=O) groups excluding carboxylic acids is 1. The minimum Gasteiger partial charge on any atom is -0.480 e. The summed E-state index contributed by atoms with van der Waals surface area (Å²) in [5.74, 6) is 0.609. The van der Waals surface area contributed by atoms with Crippen LogP contribution in [0.4, 0.5) is 4.79 Å². The second kappa shape index (κ2) is 14.7. The van der Waals surface area contributed by atoms with E-state index in [9.17, 15) is 9.59 Å². The molecule has 0 atom stereocenters. The van der Waals surface area contributed by atoms with Crippen molar-refractivity contribution >= 4 is 23.8 Å². The lowest BCUT2D eigenvalue weighted by molar-refractivity contribution is -0.142. The Bertz CT molecular complexity index is 1310. The molecule has 0 saturated heterocycles. The Hall–Kier alpha value is -3.30. The zero-order valence-corrected chi connectivity index (χ0v) is 25.9. The van der Waals surface area contributed by atoms with Gasteiger partial charge in [0.05, 0.1) is 12.3 Å². The van der Waals surface area contributed by atoms with E-state index in [1.807, 2.05) is 26.8 Å². The van der Waals surface area contributed by atoms with E-state index in [1.54, 1.807) is 11.8 Å². The molecule has 1 aromatic heterocycles. The van der Waals surface area contributed by atoms with Gasteiger partial charge in [-0.1, -0.05) is 60.2 Å². The van der Waals surface area contributed by atoms with Crippen LogP contribution in [0, 0.1) is 18.8 Å². The third-order valence-electron chi connectivity index (χ3n) is 7.29. The van der Waals surface area contributed by atoms with Crippen LogP contribution in [0.3, 0.4) is 0 Å². The predicted octanol–water partition coefficient (Wildman–Crippen LogP) is 7.05. The first kappa shape index (κ1) is 31.6. The lowest BCUT2D eigenvalue weighted by Gasteiger charge is -2.28. The molecule has 4 rings (SSSR count). The number of carbonyl (C=O) groups is 2. The number of hydrogen-bond donors (Lipinski definition) is 2. The number of ether oxygens (including phenoxy) is 2. The van der Waals surface area contributed by atoms with Crippen LogP contribution in [-0.4, -0.2) is 58.1 Å². The summed E-state index contributed by atoms with van der Waals surface area (Å²) in [5.41, 5.74) is 5.12. The Labute approximate surface area is 253 Å². The van der Waals surface area contributed by atoms with Gasteiger partial charge in [-0.25, -0.2) is 9.59 Å². The summed E-state index contributed by atoms with van der Waals surface area (Å²) in [6.07, 6.45) is 3.74. The Morgan fingerprint density at radius 2 is 1.67 bits per heavy atom. The van der Waals surface area contributed by atoms with E-state index in [0.717, 1.165) is 59.6 Å². The SMILES string of the molecule is Cc1ccc(-c2c(-c3ccccc3)c(SCCNC(=O)OC(C)(C)C)nn2C[C@H]2CC[C@H](COCC(=O)O)CC2)cc1.